The maximum atomic E-state index is 12.9. The van der Waals surface area contributed by atoms with Crippen LogP contribution in [0.3, 0.4) is 0 Å². The van der Waals surface area contributed by atoms with E-state index in [2.05, 4.69) is 5.32 Å². The van der Waals surface area contributed by atoms with Gasteiger partial charge in [-0.15, -0.1) is 11.6 Å². The lowest BCUT2D eigenvalue weighted by molar-refractivity contribution is -0.385. The fraction of sp³-hybridized carbons (Fsp3) is 0.619. The molecule has 4 bridgehead atoms. The van der Waals surface area contributed by atoms with Gasteiger partial charge in [0.15, 0.2) is 12.4 Å². The molecule has 0 aliphatic heterocycles. The van der Waals surface area contributed by atoms with Crippen molar-refractivity contribution in [3.8, 4) is 5.75 Å². The second-order valence-electron chi connectivity index (χ2n) is 9.11. The topological polar surface area (TPSA) is 108 Å². The second-order valence-corrected chi connectivity index (χ2v) is 9.91. The number of alkyl halides is 1. The van der Waals surface area contributed by atoms with Gasteiger partial charge in [0, 0.05) is 22.7 Å². The quantitative estimate of drug-likeness (QED) is 0.313. The summed E-state index contributed by atoms with van der Waals surface area (Å²) in [5.41, 5.74) is 0.120. The van der Waals surface area contributed by atoms with Crippen LogP contribution in [0.15, 0.2) is 12.1 Å². The predicted molar refractivity (Wildman–Crippen MR) is 110 cm³/mol. The number of rotatable bonds is 6. The molecule has 9 heteroatoms. The van der Waals surface area contributed by atoms with Crippen molar-refractivity contribution < 1.29 is 24.0 Å². The number of esters is 1. The van der Waals surface area contributed by atoms with Crippen LogP contribution in [0.25, 0.3) is 0 Å². The number of hydrogen-bond donors (Lipinski definition) is 1. The Labute approximate surface area is 179 Å². The molecule has 162 valence electrons. The number of carbonyl (C=O) groups is 2. The molecule has 0 heterocycles. The van der Waals surface area contributed by atoms with Crippen LogP contribution in [0, 0.1) is 34.3 Å². The second kappa shape index (κ2) is 7.41. The van der Waals surface area contributed by atoms with E-state index in [9.17, 15) is 19.7 Å². The third kappa shape index (κ3) is 3.73. The van der Waals surface area contributed by atoms with Crippen LogP contribution in [0.5, 0.6) is 5.75 Å². The van der Waals surface area contributed by atoms with E-state index >= 15 is 0 Å². The van der Waals surface area contributed by atoms with E-state index in [1.807, 2.05) is 0 Å². The Balaban J connectivity index is 1.40. The van der Waals surface area contributed by atoms with Gasteiger partial charge < -0.3 is 14.8 Å². The van der Waals surface area contributed by atoms with Crippen molar-refractivity contribution in [3.63, 3.8) is 0 Å². The number of anilines is 1. The molecule has 1 aromatic rings. The lowest BCUT2D eigenvalue weighted by Crippen LogP contribution is -2.56. The third-order valence-corrected chi connectivity index (χ3v) is 7.20. The van der Waals surface area contributed by atoms with E-state index in [1.54, 1.807) is 6.92 Å². The highest BCUT2D eigenvalue weighted by molar-refractivity contribution is 6.24. The minimum Gasteiger partial charge on any atom is -0.490 e. The van der Waals surface area contributed by atoms with Crippen LogP contribution < -0.4 is 10.1 Å². The number of ether oxygens (including phenoxy) is 2. The Kier molecular flexibility index (Phi) is 5.16. The summed E-state index contributed by atoms with van der Waals surface area (Å²) in [5.74, 6) is 0.113. The first-order valence-electron chi connectivity index (χ1n) is 10.1. The lowest BCUT2D eigenvalue weighted by Gasteiger charge is -2.58. The molecule has 0 radical (unpaired) electrons. The van der Waals surface area contributed by atoms with Crippen LogP contribution in [0.1, 0.15) is 44.1 Å². The number of carbonyl (C=O) groups excluding carboxylic acids is 2. The molecule has 0 spiro atoms. The van der Waals surface area contributed by atoms with Crippen LogP contribution in [0.4, 0.5) is 11.4 Å². The SMILES string of the molecule is COc1cc(NC(=O)COC(=O)C23C[C@H]4C[C@@H](CC(Cl)(C4)C2)C3)c(C)cc1[N+](=O)[O-]. The minimum atomic E-state index is -0.571. The molecule has 30 heavy (non-hydrogen) atoms. The Hall–Kier alpha value is -2.35. The largest absolute Gasteiger partial charge is 0.490 e. The average Bonchev–Trinajstić information content (AvgIpc) is 2.65. The summed E-state index contributed by atoms with van der Waals surface area (Å²) >= 11 is 6.77. The normalized spacial score (nSPS) is 31.3. The van der Waals surface area contributed by atoms with Gasteiger partial charge in [-0.1, -0.05) is 0 Å². The first-order valence-corrected chi connectivity index (χ1v) is 10.5. The lowest BCUT2D eigenvalue weighted by atomic mass is 9.49. The zero-order chi connectivity index (χ0) is 21.7. The van der Waals surface area contributed by atoms with Crippen molar-refractivity contribution in [1.29, 1.82) is 0 Å². The van der Waals surface area contributed by atoms with Gasteiger partial charge in [0.25, 0.3) is 5.91 Å². The highest BCUT2D eigenvalue weighted by Crippen LogP contribution is 2.64. The van der Waals surface area contributed by atoms with Gasteiger partial charge in [-0.3, -0.25) is 19.7 Å². The van der Waals surface area contributed by atoms with Gasteiger partial charge in [0.05, 0.1) is 17.4 Å². The molecule has 0 saturated heterocycles. The van der Waals surface area contributed by atoms with Crippen LogP contribution >= 0.6 is 11.6 Å². The number of nitro groups is 1. The summed E-state index contributed by atoms with van der Waals surface area (Å²) in [6, 6.07) is 2.72. The minimum absolute atomic E-state index is 0.0406. The van der Waals surface area contributed by atoms with Crippen molar-refractivity contribution in [2.45, 2.75) is 50.3 Å². The van der Waals surface area contributed by atoms with E-state index in [4.69, 9.17) is 21.1 Å². The molecule has 8 nitrogen and oxygen atoms in total. The first kappa shape index (κ1) is 20.9. The zero-order valence-electron chi connectivity index (χ0n) is 17.0. The highest BCUT2D eigenvalue weighted by atomic mass is 35.5. The number of nitro benzene ring substituents is 1. The molecule has 1 N–H and O–H groups in total. The number of nitrogens with one attached hydrogen (secondary N) is 1. The van der Waals surface area contributed by atoms with Crippen molar-refractivity contribution in [3.05, 3.63) is 27.8 Å². The fourth-order valence-corrected chi connectivity index (χ4v) is 6.67. The number of halogens is 1. The van der Waals surface area contributed by atoms with E-state index in [-0.39, 0.29) is 22.3 Å². The number of benzene rings is 1. The molecule has 1 amide bonds. The molecule has 0 aromatic heterocycles. The summed E-state index contributed by atoms with van der Waals surface area (Å²) in [5, 5.41) is 13.7. The van der Waals surface area contributed by atoms with Crippen molar-refractivity contribution >= 4 is 34.9 Å². The Bertz CT molecular complexity index is 903. The van der Waals surface area contributed by atoms with Crippen molar-refractivity contribution in [2.24, 2.45) is 17.3 Å². The van der Waals surface area contributed by atoms with Gasteiger partial charge in [-0.2, -0.15) is 0 Å². The Morgan fingerprint density at radius 3 is 2.50 bits per heavy atom. The maximum absolute atomic E-state index is 12.9. The summed E-state index contributed by atoms with van der Waals surface area (Å²) in [4.78, 5) is 35.6. The van der Waals surface area contributed by atoms with Gasteiger partial charge in [-0.25, -0.2) is 0 Å². The maximum Gasteiger partial charge on any atom is 0.312 e. The predicted octanol–water partition coefficient (Wildman–Crippen LogP) is 3.97. The van der Waals surface area contributed by atoms with E-state index in [0.717, 1.165) is 32.1 Å². The van der Waals surface area contributed by atoms with Crippen molar-refractivity contribution in [1.82, 2.24) is 0 Å². The standard InChI is InChI=1S/C21H25ClN2O6/c1-12-3-16(24(27)28)17(29-2)5-15(12)23-18(25)10-30-19(26)20-6-13-4-14(7-20)9-21(22,8-13)11-20/h3,5,13-14H,4,6-11H2,1-2H3,(H,23,25)/t13-,14-,20?,21?/m1/s1. The molecule has 5 rings (SSSR count). The summed E-state index contributed by atoms with van der Waals surface area (Å²) in [6.07, 6.45) is 5.25. The third-order valence-electron chi connectivity index (χ3n) is 6.75. The summed E-state index contributed by atoms with van der Waals surface area (Å²) < 4.78 is 10.5. The van der Waals surface area contributed by atoms with Crippen LogP contribution in [-0.2, 0) is 14.3 Å². The number of methoxy groups -OCH3 is 1. The molecular weight excluding hydrogens is 412 g/mol. The Morgan fingerprint density at radius 2 is 1.93 bits per heavy atom. The molecule has 4 saturated carbocycles. The number of aryl methyl sites for hydroxylation is 1. The average molecular weight is 437 g/mol. The van der Waals surface area contributed by atoms with Gasteiger partial charge in [0.1, 0.15) is 0 Å². The number of nitrogens with zero attached hydrogens (tertiary/aromatic N) is 1. The van der Waals surface area contributed by atoms with E-state index < -0.39 is 22.9 Å². The molecule has 4 fully saturated rings. The highest BCUT2D eigenvalue weighted by Gasteiger charge is 2.60. The number of amides is 1. The van der Waals surface area contributed by atoms with Crippen LogP contribution in [0.2, 0.25) is 0 Å². The monoisotopic (exact) mass is 436 g/mol. The summed E-state index contributed by atoms with van der Waals surface area (Å²) in [7, 11) is 1.32. The fourth-order valence-electron chi connectivity index (χ4n) is 5.97. The van der Waals surface area contributed by atoms with Gasteiger partial charge >= 0.3 is 11.7 Å². The first-order chi connectivity index (χ1) is 14.1. The van der Waals surface area contributed by atoms with Gasteiger partial charge in [0.2, 0.25) is 0 Å². The molecule has 0 unspecified atom stereocenters. The summed E-state index contributed by atoms with van der Waals surface area (Å²) in [6.45, 7) is 1.23. The molecule has 1 aromatic carbocycles. The van der Waals surface area contributed by atoms with E-state index in [0.29, 0.717) is 29.5 Å². The van der Waals surface area contributed by atoms with Crippen LogP contribution in [-0.4, -0.2) is 35.4 Å². The molecule has 4 aliphatic carbocycles. The molecule has 4 aliphatic rings. The zero-order valence-corrected chi connectivity index (χ0v) is 17.8. The molecule has 2 atom stereocenters. The smallest absolute Gasteiger partial charge is 0.312 e. The van der Waals surface area contributed by atoms with Crippen molar-refractivity contribution in [2.75, 3.05) is 19.0 Å². The Morgan fingerprint density at radius 1 is 1.27 bits per heavy atom. The van der Waals surface area contributed by atoms with Gasteiger partial charge in [-0.05, 0) is 62.8 Å². The number of hydrogen-bond acceptors (Lipinski definition) is 6. The molecular formula is C21H25ClN2O6. The van der Waals surface area contributed by atoms with E-state index in [1.165, 1.54) is 19.2 Å².